The predicted octanol–water partition coefficient (Wildman–Crippen LogP) is 1.12. The molecule has 0 saturated carbocycles. The van der Waals surface area contributed by atoms with E-state index in [0.717, 1.165) is 32.4 Å². The number of amides is 2. The Bertz CT molecular complexity index is 336. The van der Waals surface area contributed by atoms with Crippen molar-refractivity contribution in [3.8, 4) is 0 Å². The first kappa shape index (κ1) is 17.0. The normalized spacial score (nSPS) is 19.8. The van der Waals surface area contributed by atoms with E-state index >= 15 is 0 Å². The molecule has 3 N–H and O–H groups in total. The van der Waals surface area contributed by atoms with E-state index in [2.05, 4.69) is 5.32 Å². The number of likely N-dealkylation sites (tertiary alicyclic amines) is 1. The number of nitrogens with one attached hydrogen (secondary N) is 1. The van der Waals surface area contributed by atoms with Gasteiger partial charge in [0.15, 0.2) is 0 Å². The second-order valence-corrected chi connectivity index (χ2v) is 6.17. The first-order valence-electron chi connectivity index (χ1n) is 7.71. The van der Waals surface area contributed by atoms with Crippen LogP contribution in [0.4, 0.5) is 0 Å². The molecule has 1 aliphatic rings. The number of nitrogens with zero attached hydrogens (tertiary/aromatic N) is 1. The minimum Gasteiger partial charge on any atom is -0.352 e. The Kier molecular flexibility index (Phi) is 6.46. The third-order valence-corrected chi connectivity index (χ3v) is 4.21. The average molecular weight is 283 g/mol. The van der Waals surface area contributed by atoms with Gasteiger partial charge in [-0.3, -0.25) is 9.59 Å². The Labute approximate surface area is 122 Å². The van der Waals surface area contributed by atoms with Crippen LogP contribution in [0, 0.1) is 11.8 Å². The summed E-state index contributed by atoms with van der Waals surface area (Å²) in [6, 6.07) is -0.288. The third kappa shape index (κ3) is 4.47. The van der Waals surface area contributed by atoms with E-state index in [4.69, 9.17) is 5.73 Å². The molecular formula is C15H29N3O2. The highest BCUT2D eigenvalue weighted by molar-refractivity contribution is 5.82. The quantitative estimate of drug-likeness (QED) is 0.794. The summed E-state index contributed by atoms with van der Waals surface area (Å²) < 4.78 is 0. The number of nitrogens with two attached hydrogens (primary N) is 1. The molecule has 0 radical (unpaired) electrons. The number of carbonyl (C=O) groups is 2. The topological polar surface area (TPSA) is 75.4 Å². The average Bonchev–Trinajstić information content (AvgIpc) is 2.45. The molecule has 1 rings (SSSR count). The fourth-order valence-electron chi connectivity index (χ4n) is 2.42. The van der Waals surface area contributed by atoms with Gasteiger partial charge in [-0.1, -0.05) is 34.1 Å². The van der Waals surface area contributed by atoms with Crippen LogP contribution in [0.5, 0.6) is 0 Å². The monoisotopic (exact) mass is 283 g/mol. The van der Waals surface area contributed by atoms with Crippen LogP contribution in [-0.2, 0) is 9.59 Å². The number of hydrogen-bond donors (Lipinski definition) is 2. The van der Waals surface area contributed by atoms with E-state index in [1.165, 1.54) is 0 Å². The molecule has 0 aromatic rings. The van der Waals surface area contributed by atoms with E-state index in [1.807, 2.05) is 32.6 Å². The Morgan fingerprint density at radius 3 is 2.25 bits per heavy atom. The molecule has 1 fully saturated rings. The Morgan fingerprint density at radius 1 is 1.25 bits per heavy atom. The van der Waals surface area contributed by atoms with Gasteiger partial charge in [0.2, 0.25) is 11.8 Å². The molecule has 0 aliphatic carbocycles. The Morgan fingerprint density at radius 2 is 1.80 bits per heavy atom. The molecule has 2 amide bonds. The fourth-order valence-corrected chi connectivity index (χ4v) is 2.42. The second-order valence-electron chi connectivity index (χ2n) is 6.17. The zero-order chi connectivity index (χ0) is 15.3. The highest BCUT2D eigenvalue weighted by atomic mass is 16.2. The van der Waals surface area contributed by atoms with Crippen molar-refractivity contribution in [1.29, 1.82) is 0 Å². The van der Waals surface area contributed by atoms with Crippen molar-refractivity contribution in [2.75, 3.05) is 13.1 Å². The molecule has 20 heavy (non-hydrogen) atoms. The lowest BCUT2D eigenvalue weighted by atomic mass is 9.97. The van der Waals surface area contributed by atoms with Gasteiger partial charge < -0.3 is 16.0 Å². The van der Waals surface area contributed by atoms with Gasteiger partial charge in [-0.15, -0.1) is 0 Å². The van der Waals surface area contributed by atoms with Gasteiger partial charge in [-0.05, 0) is 18.8 Å². The van der Waals surface area contributed by atoms with Crippen molar-refractivity contribution < 1.29 is 9.59 Å². The molecule has 0 bridgehead atoms. The van der Waals surface area contributed by atoms with Crippen molar-refractivity contribution in [3.05, 3.63) is 0 Å². The van der Waals surface area contributed by atoms with Crippen molar-refractivity contribution >= 4 is 11.8 Å². The smallest absolute Gasteiger partial charge is 0.237 e. The van der Waals surface area contributed by atoms with Gasteiger partial charge in [-0.25, -0.2) is 0 Å². The summed E-state index contributed by atoms with van der Waals surface area (Å²) in [5.74, 6) is 0.372. The van der Waals surface area contributed by atoms with Crippen LogP contribution in [0.15, 0.2) is 0 Å². The Balaban J connectivity index is 2.39. The van der Waals surface area contributed by atoms with Crippen molar-refractivity contribution in [2.45, 2.75) is 59.0 Å². The van der Waals surface area contributed by atoms with E-state index in [0.29, 0.717) is 0 Å². The minimum atomic E-state index is -0.435. The molecule has 2 atom stereocenters. The molecule has 0 spiro atoms. The summed E-state index contributed by atoms with van der Waals surface area (Å²) in [5, 5.41) is 3.02. The van der Waals surface area contributed by atoms with Crippen LogP contribution in [0.25, 0.3) is 0 Å². The molecule has 5 heteroatoms. The summed E-state index contributed by atoms with van der Waals surface area (Å²) >= 11 is 0. The van der Waals surface area contributed by atoms with E-state index in [-0.39, 0.29) is 29.7 Å². The summed E-state index contributed by atoms with van der Waals surface area (Å²) in [5.41, 5.74) is 5.93. The second kappa shape index (κ2) is 7.62. The molecule has 1 unspecified atom stereocenters. The van der Waals surface area contributed by atoms with Gasteiger partial charge >= 0.3 is 0 Å². The number of piperidine rings is 1. The fraction of sp³-hybridized carbons (Fsp3) is 0.867. The maximum atomic E-state index is 12.0. The van der Waals surface area contributed by atoms with Gasteiger partial charge in [-0.2, -0.15) is 0 Å². The largest absolute Gasteiger partial charge is 0.352 e. The Hall–Kier alpha value is -1.10. The van der Waals surface area contributed by atoms with Crippen LogP contribution in [0.3, 0.4) is 0 Å². The lowest BCUT2D eigenvalue weighted by Crippen LogP contribution is -2.52. The molecule has 5 nitrogen and oxygen atoms in total. The number of rotatable bonds is 5. The van der Waals surface area contributed by atoms with Crippen LogP contribution in [-0.4, -0.2) is 41.9 Å². The van der Waals surface area contributed by atoms with Crippen molar-refractivity contribution in [3.63, 3.8) is 0 Å². The molecular weight excluding hydrogens is 254 g/mol. The predicted molar refractivity (Wildman–Crippen MR) is 80.0 cm³/mol. The molecule has 116 valence electrons. The number of hydrogen-bond acceptors (Lipinski definition) is 3. The lowest BCUT2D eigenvalue weighted by Gasteiger charge is -2.34. The first-order valence-corrected chi connectivity index (χ1v) is 7.71. The van der Waals surface area contributed by atoms with Crippen LogP contribution in [0.1, 0.15) is 47.0 Å². The zero-order valence-corrected chi connectivity index (χ0v) is 13.2. The summed E-state index contributed by atoms with van der Waals surface area (Å²) in [6.45, 7) is 9.31. The maximum Gasteiger partial charge on any atom is 0.237 e. The van der Waals surface area contributed by atoms with Crippen LogP contribution in [0.2, 0.25) is 0 Å². The van der Waals surface area contributed by atoms with Crippen molar-refractivity contribution in [1.82, 2.24) is 10.2 Å². The summed E-state index contributed by atoms with van der Waals surface area (Å²) in [4.78, 5) is 25.8. The van der Waals surface area contributed by atoms with E-state index in [9.17, 15) is 9.59 Å². The SMILES string of the molecule is CCC(C)[C@H](N)C(=O)NC1CCN(C(=O)C(C)C)CC1. The van der Waals surface area contributed by atoms with Gasteiger partial charge in [0.25, 0.3) is 0 Å². The lowest BCUT2D eigenvalue weighted by molar-refractivity contribution is -0.135. The van der Waals surface area contributed by atoms with Gasteiger partial charge in [0.05, 0.1) is 6.04 Å². The molecule has 0 aromatic carbocycles. The molecule has 1 heterocycles. The van der Waals surface area contributed by atoms with Crippen LogP contribution < -0.4 is 11.1 Å². The van der Waals surface area contributed by atoms with Gasteiger partial charge in [0, 0.05) is 25.0 Å². The summed E-state index contributed by atoms with van der Waals surface area (Å²) in [6.07, 6.45) is 2.53. The van der Waals surface area contributed by atoms with E-state index in [1.54, 1.807) is 0 Å². The number of carbonyl (C=O) groups excluding carboxylic acids is 2. The standard InChI is InChI=1S/C15H29N3O2/c1-5-11(4)13(16)14(19)17-12-6-8-18(9-7-12)15(20)10(2)3/h10-13H,5-9,16H2,1-4H3,(H,17,19)/t11?,13-/m0/s1. The summed E-state index contributed by atoms with van der Waals surface area (Å²) in [7, 11) is 0. The molecule has 1 saturated heterocycles. The molecule has 0 aromatic heterocycles. The maximum absolute atomic E-state index is 12.0. The zero-order valence-electron chi connectivity index (χ0n) is 13.2. The van der Waals surface area contributed by atoms with Gasteiger partial charge in [0.1, 0.15) is 0 Å². The highest BCUT2D eigenvalue weighted by Crippen LogP contribution is 2.14. The minimum absolute atomic E-state index is 0.0416. The van der Waals surface area contributed by atoms with E-state index < -0.39 is 6.04 Å². The van der Waals surface area contributed by atoms with Crippen molar-refractivity contribution in [2.24, 2.45) is 17.6 Å². The first-order chi connectivity index (χ1) is 9.36. The van der Waals surface area contributed by atoms with Crippen LogP contribution >= 0.6 is 0 Å². The molecule has 1 aliphatic heterocycles. The third-order valence-electron chi connectivity index (χ3n) is 4.21. The highest BCUT2D eigenvalue weighted by Gasteiger charge is 2.27.